The van der Waals surface area contributed by atoms with Crippen molar-refractivity contribution < 1.29 is 0 Å². The molecule has 0 spiro atoms. The summed E-state index contributed by atoms with van der Waals surface area (Å²) in [4.78, 5) is 0. The molecule has 4 heteroatoms. The van der Waals surface area contributed by atoms with Gasteiger partial charge in [0, 0.05) is 0 Å². The molecule has 0 aliphatic rings. The van der Waals surface area contributed by atoms with E-state index in [1.807, 2.05) is 0 Å². The summed E-state index contributed by atoms with van der Waals surface area (Å²) in [5.41, 5.74) is 10.2. The van der Waals surface area contributed by atoms with Crippen molar-refractivity contribution in [2.24, 2.45) is 11.5 Å². The second-order valence-corrected chi connectivity index (χ2v) is 3.39. The van der Waals surface area contributed by atoms with Crippen LogP contribution in [-0.4, -0.2) is 26.2 Å². The van der Waals surface area contributed by atoms with E-state index in [1.54, 1.807) is 0 Å². The van der Waals surface area contributed by atoms with Gasteiger partial charge in [0.2, 0.25) is 0 Å². The van der Waals surface area contributed by atoms with Gasteiger partial charge in [-0.05, 0) is 0 Å². The topological polar surface area (TPSA) is 75.9 Å². The van der Waals surface area contributed by atoms with Crippen LogP contribution in [0.25, 0.3) is 0 Å². The summed E-state index contributed by atoms with van der Waals surface area (Å²) in [6.07, 6.45) is 0. The molecule has 0 aromatic carbocycles. The fourth-order valence-corrected chi connectivity index (χ4v) is 0.878. The molecule has 0 bridgehead atoms. The zero-order valence-corrected chi connectivity index (χ0v) is 5.69. The minimum absolute atomic E-state index is 0.161. The normalized spacial score (nSPS) is 8.71. The van der Waals surface area contributed by atoms with Crippen LogP contribution in [0.1, 0.15) is 0 Å². The van der Waals surface area contributed by atoms with Gasteiger partial charge in [-0.2, -0.15) is 0 Å². The zero-order valence-electron chi connectivity index (χ0n) is 3.98. The summed E-state index contributed by atoms with van der Waals surface area (Å²) in [7, 11) is 0. The van der Waals surface area contributed by atoms with Gasteiger partial charge in [-0.15, -0.1) is 0 Å². The van der Waals surface area contributed by atoms with E-state index in [9.17, 15) is 0 Å². The Labute approximate surface area is 49.1 Å². The van der Waals surface area contributed by atoms with E-state index in [1.165, 1.54) is 0 Å². The van der Waals surface area contributed by atoms with E-state index in [0.29, 0.717) is 6.54 Å². The van der Waals surface area contributed by atoms with Crippen molar-refractivity contribution in [2.75, 3.05) is 6.54 Å². The van der Waals surface area contributed by atoms with E-state index in [4.69, 9.17) is 16.9 Å². The molecule has 42 valence electrons. The van der Waals surface area contributed by atoms with Crippen molar-refractivity contribution in [2.45, 2.75) is 5.32 Å². The summed E-state index contributed by atoms with van der Waals surface area (Å²) in [5.74, 6) is 0. The van der Waals surface area contributed by atoms with Crippen LogP contribution in [0.2, 0.25) is 5.32 Å². The van der Waals surface area contributed by atoms with Gasteiger partial charge >= 0.3 is 48.4 Å². The Bertz CT molecular complexity index is 63.2. The van der Waals surface area contributed by atoms with Gasteiger partial charge in [-0.1, -0.05) is 0 Å². The van der Waals surface area contributed by atoms with Crippen molar-refractivity contribution >= 4 is 19.7 Å². The predicted octanol–water partition coefficient (Wildman–Crippen LogP) is -1.04. The van der Waals surface area contributed by atoms with Crippen molar-refractivity contribution in [1.82, 2.24) is 0 Å². The molecule has 0 aromatic rings. The van der Waals surface area contributed by atoms with Crippen molar-refractivity contribution in [3.8, 4) is 0 Å². The molecule has 0 rings (SSSR count). The van der Waals surface area contributed by atoms with Crippen LogP contribution < -0.4 is 11.5 Å². The summed E-state index contributed by atoms with van der Waals surface area (Å²) in [6, 6.07) is 0. The van der Waals surface area contributed by atoms with Crippen LogP contribution in [0, 0.1) is 5.41 Å². The molecule has 0 saturated heterocycles. The van der Waals surface area contributed by atoms with Gasteiger partial charge in [0.25, 0.3) is 0 Å². The SMILES string of the molecule is N=C(N)[Se]CCN. The number of hydrogen-bond acceptors (Lipinski definition) is 2. The average molecular weight is 166 g/mol. The van der Waals surface area contributed by atoms with Crippen LogP contribution in [0.3, 0.4) is 0 Å². The molecular weight excluding hydrogens is 157 g/mol. The van der Waals surface area contributed by atoms with Gasteiger partial charge in [0.15, 0.2) is 0 Å². The molecule has 0 atom stereocenters. The number of hydrogen-bond donors (Lipinski definition) is 3. The van der Waals surface area contributed by atoms with Crippen LogP contribution in [-0.2, 0) is 0 Å². The Morgan fingerprint density at radius 2 is 2.29 bits per heavy atom. The quantitative estimate of drug-likeness (QED) is 0.284. The van der Waals surface area contributed by atoms with Gasteiger partial charge in [-0.3, -0.25) is 0 Å². The second kappa shape index (κ2) is 4.12. The van der Waals surface area contributed by atoms with Crippen molar-refractivity contribution in [3.63, 3.8) is 0 Å². The predicted molar refractivity (Wildman–Crippen MR) is 31.5 cm³/mol. The average Bonchev–Trinajstić information content (AvgIpc) is 1.61. The maximum atomic E-state index is 6.75. The van der Waals surface area contributed by atoms with E-state index in [0.717, 1.165) is 5.32 Å². The molecule has 0 heterocycles. The fourth-order valence-electron chi connectivity index (χ4n) is 0.169. The van der Waals surface area contributed by atoms with Gasteiger partial charge in [0.1, 0.15) is 0 Å². The molecule has 0 aliphatic carbocycles. The maximum absolute atomic E-state index is 6.75. The molecule has 0 amide bonds. The first-order valence-electron chi connectivity index (χ1n) is 1.94. The first kappa shape index (κ1) is 6.95. The summed E-state index contributed by atoms with van der Waals surface area (Å²) >= 11 is 0.161. The first-order chi connectivity index (χ1) is 3.27. The standard InChI is InChI=1S/C3H9N3Se/c4-1-2-7-3(5)6/h1-2,4H2,(H3,5,6). The molecule has 3 nitrogen and oxygen atoms in total. The number of rotatable bonds is 3. The fraction of sp³-hybridized carbons (Fsp3) is 0.667. The Morgan fingerprint density at radius 1 is 1.71 bits per heavy atom. The minimum atomic E-state index is 0.161. The van der Waals surface area contributed by atoms with Crippen molar-refractivity contribution in [1.29, 1.82) is 5.41 Å². The molecule has 0 radical (unpaired) electrons. The second-order valence-electron chi connectivity index (χ2n) is 1.00. The van der Waals surface area contributed by atoms with Gasteiger partial charge in [-0.25, -0.2) is 0 Å². The third-order valence-electron chi connectivity index (χ3n) is 0.375. The number of nitrogens with one attached hydrogen (secondary N) is 1. The zero-order chi connectivity index (χ0) is 5.70. The molecule has 0 saturated carbocycles. The monoisotopic (exact) mass is 167 g/mol. The molecule has 0 aromatic heterocycles. The molecular formula is C3H9N3Se. The Kier molecular flexibility index (Phi) is 4.09. The van der Waals surface area contributed by atoms with Gasteiger partial charge in [0.05, 0.1) is 0 Å². The van der Waals surface area contributed by atoms with E-state index in [-0.39, 0.29) is 19.7 Å². The van der Waals surface area contributed by atoms with E-state index in [2.05, 4.69) is 0 Å². The summed E-state index contributed by atoms with van der Waals surface area (Å²) < 4.78 is 0.290. The Morgan fingerprint density at radius 3 is 2.43 bits per heavy atom. The Hall–Kier alpha value is -0.0505. The van der Waals surface area contributed by atoms with E-state index < -0.39 is 0 Å². The first-order valence-corrected chi connectivity index (χ1v) is 4.01. The molecule has 0 unspecified atom stereocenters. The third kappa shape index (κ3) is 5.95. The molecule has 0 fully saturated rings. The third-order valence-corrected chi connectivity index (χ3v) is 1.95. The van der Waals surface area contributed by atoms with Gasteiger partial charge < -0.3 is 0 Å². The molecule has 7 heavy (non-hydrogen) atoms. The van der Waals surface area contributed by atoms with Crippen LogP contribution in [0.4, 0.5) is 0 Å². The van der Waals surface area contributed by atoms with Crippen LogP contribution in [0.5, 0.6) is 0 Å². The van der Waals surface area contributed by atoms with E-state index >= 15 is 0 Å². The summed E-state index contributed by atoms with van der Waals surface area (Å²) in [5, 5.41) is 7.64. The molecule has 5 N–H and O–H groups in total. The Balaban J connectivity index is 2.82. The van der Waals surface area contributed by atoms with Crippen LogP contribution in [0.15, 0.2) is 0 Å². The molecule has 0 aliphatic heterocycles. The van der Waals surface area contributed by atoms with Crippen molar-refractivity contribution in [3.05, 3.63) is 0 Å². The number of nitrogens with two attached hydrogens (primary N) is 2. The number of amidine groups is 1. The van der Waals surface area contributed by atoms with Crippen LogP contribution >= 0.6 is 0 Å². The summed E-state index contributed by atoms with van der Waals surface area (Å²) in [6.45, 7) is 0.652.